The Kier molecular flexibility index (Phi) is 4.90. The molecule has 0 aliphatic carbocycles. The van der Waals surface area contributed by atoms with E-state index in [-0.39, 0.29) is 17.2 Å². The van der Waals surface area contributed by atoms with E-state index in [1.165, 1.54) is 5.56 Å². The quantitative estimate of drug-likeness (QED) is 0.911. The van der Waals surface area contributed by atoms with Crippen molar-refractivity contribution in [3.8, 4) is 0 Å². The van der Waals surface area contributed by atoms with Crippen LogP contribution in [0.1, 0.15) is 29.8 Å². The number of thioether (sulfide) groups is 1. The van der Waals surface area contributed by atoms with Crippen LogP contribution in [0.25, 0.3) is 0 Å². The normalized spacial score (nSPS) is 17.2. The molecule has 1 N–H and O–H groups in total. The largest absolute Gasteiger partial charge is 0.326 e. The fourth-order valence-corrected chi connectivity index (χ4v) is 3.84. The van der Waals surface area contributed by atoms with Crippen molar-refractivity contribution in [2.75, 3.05) is 16.0 Å². The van der Waals surface area contributed by atoms with Gasteiger partial charge in [-0.3, -0.25) is 14.5 Å². The third-order valence-electron chi connectivity index (χ3n) is 3.96. The van der Waals surface area contributed by atoms with Crippen LogP contribution in [0.3, 0.4) is 0 Å². The molecule has 2 aromatic rings. The van der Waals surface area contributed by atoms with Gasteiger partial charge in [0.2, 0.25) is 11.8 Å². The van der Waals surface area contributed by atoms with Gasteiger partial charge in [0.15, 0.2) is 0 Å². The smallest absolute Gasteiger partial charge is 0.238 e. The maximum Gasteiger partial charge on any atom is 0.238 e. The number of benzene rings is 2. The average molecular weight is 340 g/mol. The van der Waals surface area contributed by atoms with E-state index in [0.717, 1.165) is 16.9 Å². The summed E-state index contributed by atoms with van der Waals surface area (Å²) in [6.07, 6.45) is 0.441. The lowest BCUT2D eigenvalue weighted by Gasteiger charge is -2.25. The number of hydrogen-bond donors (Lipinski definition) is 1. The van der Waals surface area contributed by atoms with E-state index in [9.17, 15) is 9.59 Å². The zero-order chi connectivity index (χ0) is 17.1. The first-order valence-electron chi connectivity index (χ1n) is 7.98. The summed E-state index contributed by atoms with van der Waals surface area (Å²) in [6, 6.07) is 15.7. The first-order valence-corrected chi connectivity index (χ1v) is 9.03. The van der Waals surface area contributed by atoms with Gasteiger partial charge in [0.25, 0.3) is 0 Å². The minimum absolute atomic E-state index is 0.0160. The van der Waals surface area contributed by atoms with Crippen LogP contribution in [-0.2, 0) is 9.59 Å². The molecule has 124 valence electrons. The maximum absolute atomic E-state index is 12.4. The maximum atomic E-state index is 12.4. The van der Waals surface area contributed by atoms with Gasteiger partial charge in [0, 0.05) is 17.8 Å². The van der Waals surface area contributed by atoms with Crippen LogP contribution in [0.5, 0.6) is 0 Å². The molecule has 1 aliphatic rings. The summed E-state index contributed by atoms with van der Waals surface area (Å²) < 4.78 is 0. The molecule has 0 unspecified atom stereocenters. The minimum Gasteiger partial charge on any atom is -0.326 e. The van der Waals surface area contributed by atoms with E-state index in [1.807, 2.05) is 67.3 Å². The highest BCUT2D eigenvalue weighted by Crippen LogP contribution is 2.42. The molecule has 24 heavy (non-hydrogen) atoms. The van der Waals surface area contributed by atoms with Crippen LogP contribution in [0, 0.1) is 6.92 Å². The molecule has 2 aromatic carbocycles. The molecule has 4 nitrogen and oxygen atoms in total. The second-order valence-electron chi connectivity index (χ2n) is 5.79. The van der Waals surface area contributed by atoms with Crippen molar-refractivity contribution in [3.63, 3.8) is 0 Å². The molecule has 1 atom stereocenters. The molecule has 1 aliphatic heterocycles. The number of hydrogen-bond acceptors (Lipinski definition) is 3. The number of anilines is 2. The third kappa shape index (κ3) is 3.46. The van der Waals surface area contributed by atoms with Crippen LogP contribution in [0.4, 0.5) is 11.4 Å². The molecule has 0 radical (unpaired) electrons. The Bertz CT molecular complexity index is 758. The van der Waals surface area contributed by atoms with E-state index in [2.05, 4.69) is 5.32 Å². The third-order valence-corrected chi connectivity index (χ3v) is 5.17. The van der Waals surface area contributed by atoms with Crippen LogP contribution >= 0.6 is 11.8 Å². The molecule has 0 spiro atoms. The second-order valence-corrected chi connectivity index (χ2v) is 6.86. The summed E-state index contributed by atoms with van der Waals surface area (Å²) in [5.41, 5.74) is 3.85. The zero-order valence-corrected chi connectivity index (χ0v) is 14.6. The molecular formula is C19H20N2O2S. The summed E-state index contributed by atoms with van der Waals surface area (Å²) in [4.78, 5) is 25.8. The van der Waals surface area contributed by atoms with Gasteiger partial charge >= 0.3 is 0 Å². The van der Waals surface area contributed by atoms with E-state index in [1.54, 1.807) is 11.8 Å². The highest BCUT2D eigenvalue weighted by Gasteiger charge is 2.34. The standard InChI is InChI=1S/C19H20N2O2S/c1-3-17(22)20-15-6-4-5-14(11-15)19-21(18(23)12-24-19)16-9-7-13(2)8-10-16/h4-11,19H,3,12H2,1-2H3,(H,20,22)/t19-/m1/s1. The van der Waals surface area contributed by atoms with Crippen molar-refractivity contribution in [2.24, 2.45) is 0 Å². The van der Waals surface area contributed by atoms with Crippen LogP contribution in [0.2, 0.25) is 0 Å². The summed E-state index contributed by atoms with van der Waals surface area (Å²) in [5, 5.41) is 2.81. The SMILES string of the molecule is CCC(=O)Nc1cccc([C@H]2SCC(=O)N2c2ccc(C)cc2)c1. The molecule has 1 heterocycles. The molecule has 1 fully saturated rings. The predicted octanol–water partition coefficient (Wildman–Crippen LogP) is 4.12. The Hall–Kier alpha value is -2.27. The van der Waals surface area contributed by atoms with Crippen molar-refractivity contribution in [1.29, 1.82) is 0 Å². The molecule has 0 aromatic heterocycles. The molecule has 0 saturated carbocycles. The van der Waals surface area contributed by atoms with Gasteiger partial charge in [0.1, 0.15) is 5.37 Å². The number of carbonyl (C=O) groups is 2. The van der Waals surface area contributed by atoms with Crippen molar-refractivity contribution in [3.05, 3.63) is 59.7 Å². The average Bonchev–Trinajstić information content (AvgIpc) is 2.97. The summed E-state index contributed by atoms with van der Waals surface area (Å²) in [6.45, 7) is 3.85. The minimum atomic E-state index is -0.0707. The fourth-order valence-electron chi connectivity index (χ4n) is 2.67. The van der Waals surface area contributed by atoms with Crippen molar-refractivity contribution in [2.45, 2.75) is 25.6 Å². The van der Waals surface area contributed by atoms with Gasteiger partial charge in [0.05, 0.1) is 5.75 Å². The number of carbonyl (C=O) groups excluding carboxylic acids is 2. The zero-order valence-electron chi connectivity index (χ0n) is 13.8. The summed E-state index contributed by atoms with van der Waals surface area (Å²) in [5.74, 6) is 0.555. The van der Waals surface area contributed by atoms with E-state index in [4.69, 9.17) is 0 Å². The highest BCUT2D eigenvalue weighted by atomic mass is 32.2. The lowest BCUT2D eigenvalue weighted by Crippen LogP contribution is -2.27. The number of nitrogens with zero attached hydrogens (tertiary/aromatic N) is 1. The molecule has 3 rings (SSSR count). The van der Waals surface area contributed by atoms with Crippen LogP contribution in [-0.4, -0.2) is 17.6 Å². The first kappa shape index (κ1) is 16.6. The van der Waals surface area contributed by atoms with E-state index >= 15 is 0 Å². The molecule has 2 amide bonds. The van der Waals surface area contributed by atoms with Gasteiger partial charge in [-0.25, -0.2) is 0 Å². The van der Waals surface area contributed by atoms with Gasteiger partial charge in [-0.1, -0.05) is 36.8 Å². The summed E-state index contributed by atoms with van der Waals surface area (Å²) in [7, 11) is 0. The first-order chi connectivity index (χ1) is 11.6. The monoisotopic (exact) mass is 340 g/mol. The Labute approximate surface area is 146 Å². The molecule has 0 bridgehead atoms. The topological polar surface area (TPSA) is 49.4 Å². The highest BCUT2D eigenvalue weighted by molar-refractivity contribution is 8.00. The van der Waals surface area contributed by atoms with Crippen molar-refractivity contribution in [1.82, 2.24) is 0 Å². The Morgan fingerprint density at radius 3 is 2.71 bits per heavy atom. The lowest BCUT2D eigenvalue weighted by molar-refractivity contribution is -0.116. The predicted molar refractivity (Wildman–Crippen MR) is 99.2 cm³/mol. The van der Waals surface area contributed by atoms with Crippen molar-refractivity contribution < 1.29 is 9.59 Å². The second kappa shape index (κ2) is 7.09. The van der Waals surface area contributed by atoms with Gasteiger partial charge in [-0.15, -0.1) is 11.8 Å². The lowest BCUT2D eigenvalue weighted by atomic mass is 10.1. The van der Waals surface area contributed by atoms with Gasteiger partial charge in [-0.05, 0) is 36.8 Å². The fraction of sp³-hybridized carbons (Fsp3) is 0.263. The molecular weight excluding hydrogens is 320 g/mol. The number of aryl methyl sites for hydroxylation is 1. The molecule has 1 saturated heterocycles. The van der Waals surface area contributed by atoms with E-state index in [0.29, 0.717) is 12.2 Å². The number of amides is 2. The van der Waals surface area contributed by atoms with Crippen molar-refractivity contribution >= 4 is 35.0 Å². The Morgan fingerprint density at radius 2 is 2.00 bits per heavy atom. The number of nitrogens with one attached hydrogen (secondary N) is 1. The summed E-state index contributed by atoms with van der Waals surface area (Å²) >= 11 is 1.61. The van der Waals surface area contributed by atoms with Crippen LogP contribution in [0.15, 0.2) is 48.5 Å². The van der Waals surface area contributed by atoms with E-state index < -0.39 is 0 Å². The molecule has 5 heteroatoms. The Morgan fingerprint density at radius 1 is 1.25 bits per heavy atom. The Balaban J connectivity index is 1.90. The van der Waals surface area contributed by atoms with Gasteiger partial charge < -0.3 is 5.32 Å². The number of rotatable bonds is 4. The van der Waals surface area contributed by atoms with Crippen LogP contribution < -0.4 is 10.2 Å². The van der Waals surface area contributed by atoms with Gasteiger partial charge in [-0.2, -0.15) is 0 Å².